The quantitative estimate of drug-likeness (QED) is 0.211. The fourth-order valence-electron chi connectivity index (χ4n) is 4.93. The number of hydrogen-bond donors (Lipinski definition) is 1. The highest BCUT2D eigenvalue weighted by atomic mass is 32.2. The molecule has 1 atom stereocenters. The van der Waals surface area contributed by atoms with Crippen LogP contribution in [0, 0.1) is 6.92 Å². The topological polar surface area (TPSA) is 105 Å². The first-order valence-corrected chi connectivity index (χ1v) is 16.1. The number of ether oxygens (including phenoxy) is 2. The number of carbonyl (C=O) groups excluding carboxylic acids is 2. The minimum atomic E-state index is -4.19. The van der Waals surface area contributed by atoms with Crippen LogP contribution in [-0.4, -0.2) is 58.5 Å². The molecule has 236 valence electrons. The molecule has 1 unspecified atom stereocenters. The Morgan fingerprint density at radius 1 is 0.844 bits per heavy atom. The summed E-state index contributed by atoms with van der Waals surface area (Å²) in [4.78, 5) is 29.3. The Morgan fingerprint density at radius 3 is 2.13 bits per heavy atom. The van der Waals surface area contributed by atoms with Crippen LogP contribution in [0.15, 0.2) is 108 Å². The zero-order valence-electron chi connectivity index (χ0n) is 26.0. The molecule has 0 aliphatic rings. The number of nitrogens with zero attached hydrogens (tertiary/aromatic N) is 2. The summed E-state index contributed by atoms with van der Waals surface area (Å²) in [5.41, 5.74) is 2.76. The fourth-order valence-corrected chi connectivity index (χ4v) is 6.34. The summed E-state index contributed by atoms with van der Waals surface area (Å²) in [7, 11) is -1.13. The molecule has 1 N–H and O–H groups in total. The van der Waals surface area contributed by atoms with Crippen LogP contribution in [0.5, 0.6) is 11.5 Å². The van der Waals surface area contributed by atoms with Crippen molar-refractivity contribution in [3.63, 3.8) is 0 Å². The molecule has 10 heteroatoms. The van der Waals surface area contributed by atoms with Crippen molar-refractivity contribution in [2.24, 2.45) is 0 Å². The summed E-state index contributed by atoms with van der Waals surface area (Å²) in [6.07, 6.45) is 0.226. The number of likely N-dealkylation sites (N-methyl/N-ethyl adjacent to an activating group) is 1. The minimum Gasteiger partial charge on any atom is -0.497 e. The summed E-state index contributed by atoms with van der Waals surface area (Å²) in [6, 6.07) is 28.7. The highest BCUT2D eigenvalue weighted by Crippen LogP contribution is 2.27. The Balaban J connectivity index is 1.79. The standard InChI is InChI=1S/C35H39N3O6S/c1-5-44-30-18-16-29(17-19-30)38(45(41,42)32-20-14-26(2)15-21-32)25-34(39)37(24-28-12-9-13-31(22-28)43-4)33(35(40)36-3)23-27-10-7-6-8-11-27/h6-22,33H,5,23-25H2,1-4H3,(H,36,40). The highest BCUT2D eigenvalue weighted by molar-refractivity contribution is 7.92. The van der Waals surface area contributed by atoms with E-state index in [2.05, 4.69) is 5.32 Å². The lowest BCUT2D eigenvalue weighted by molar-refractivity contribution is -0.139. The Morgan fingerprint density at radius 2 is 1.51 bits per heavy atom. The molecular formula is C35H39N3O6S. The maximum atomic E-state index is 14.4. The fraction of sp³-hybridized carbons (Fsp3) is 0.257. The van der Waals surface area contributed by atoms with Gasteiger partial charge in [0, 0.05) is 20.0 Å². The number of carbonyl (C=O) groups is 2. The minimum absolute atomic E-state index is 0.0428. The van der Waals surface area contributed by atoms with Crippen LogP contribution in [0.1, 0.15) is 23.6 Å². The second-order valence-electron chi connectivity index (χ2n) is 10.4. The van der Waals surface area contributed by atoms with Gasteiger partial charge in [0.1, 0.15) is 24.1 Å². The number of sulfonamides is 1. The molecule has 0 heterocycles. The lowest BCUT2D eigenvalue weighted by atomic mass is 10.0. The van der Waals surface area contributed by atoms with Crippen molar-refractivity contribution in [1.29, 1.82) is 0 Å². The van der Waals surface area contributed by atoms with E-state index in [9.17, 15) is 18.0 Å². The van der Waals surface area contributed by atoms with E-state index in [-0.39, 0.29) is 29.5 Å². The SMILES string of the molecule is CCOc1ccc(N(CC(=O)N(Cc2cccc(OC)c2)C(Cc2ccccc2)C(=O)NC)S(=O)(=O)c2ccc(C)cc2)cc1. The van der Waals surface area contributed by atoms with Crippen molar-refractivity contribution in [1.82, 2.24) is 10.2 Å². The maximum absolute atomic E-state index is 14.4. The average Bonchev–Trinajstić information content (AvgIpc) is 3.06. The second kappa shape index (κ2) is 15.3. The Labute approximate surface area is 265 Å². The molecule has 4 rings (SSSR count). The van der Waals surface area contributed by atoms with Gasteiger partial charge in [-0.1, -0.05) is 60.2 Å². The van der Waals surface area contributed by atoms with Crippen molar-refractivity contribution >= 4 is 27.5 Å². The van der Waals surface area contributed by atoms with E-state index in [0.29, 0.717) is 18.1 Å². The number of rotatable bonds is 14. The van der Waals surface area contributed by atoms with Crippen molar-refractivity contribution < 1.29 is 27.5 Å². The second-order valence-corrected chi connectivity index (χ2v) is 12.3. The third-order valence-electron chi connectivity index (χ3n) is 7.33. The van der Waals surface area contributed by atoms with Crippen molar-refractivity contribution in [2.75, 3.05) is 31.6 Å². The Hall–Kier alpha value is -4.83. The molecule has 45 heavy (non-hydrogen) atoms. The van der Waals surface area contributed by atoms with Crippen molar-refractivity contribution in [3.05, 3.63) is 120 Å². The lowest BCUT2D eigenvalue weighted by Crippen LogP contribution is -2.53. The number of amides is 2. The zero-order valence-corrected chi connectivity index (χ0v) is 26.8. The van der Waals surface area contributed by atoms with Gasteiger partial charge in [0.15, 0.2) is 0 Å². The first kappa shape index (κ1) is 33.1. The molecule has 4 aromatic rings. The van der Waals surface area contributed by atoms with E-state index >= 15 is 0 Å². The maximum Gasteiger partial charge on any atom is 0.264 e. The van der Waals surface area contributed by atoms with Gasteiger partial charge in [-0.2, -0.15) is 0 Å². The van der Waals surface area contributed by atoms with E-state index in [1.165, 1.54) is 24.1 Å². The van der Waals surface area contributed by atoms with Gasteiger partial charge >= 0.3 is 0 Å². The Kier molecular flexibility index (Phi) is 11.2. The monoisotopic (exact) mass is 629 g/mol. The third kappa shape index (κ3) is 8.42. The van der Waals surface area contributed by atoms with Gasteiger partial charge in [-0.05, 0) is 73.5 Å². The molecule has 0 saturated carbocycles. The number of hydrogen-bond acceptors (Lipinski definition) is 6. The first-order valence-electron chi connectivity index (χ1n) is 14.7. The van der Waals surface area contributed by atoms with Crippen LogP contribution in [0.3, 0.4) is 0 Å². The van der Waals surface area contributed by atoms with E-state index in [1.54, 1.807) is 61.7 Å². The van der Waals surface area contributed by atoms with Gasteiger partial charge in [-0.3, -0.25) is 13.9 Å². The summed E-state index contributed by atoms with van der Waals surface area (Å²) in [5, 5.41) is 2.69. The van der Waals surface area contributed by atoms with Gasteiger partial charge in [0.25, 0.3) is 10.0 Å². The van der Waals surface area contributed by atoms with Crippen molar-refractivity contribution in [2.45, 2.75) is 37.8 Å². The first-order chi connectivity index (χ1) is 21.7. The zero-order chi connectivity index (χ0) is 32.4. The number of aryl methyl sites for hydroxylation is 1. The molecular weight excluding hydrogens is 590 g/mol. The molecule has 0 radical (unpaired) electrons. The smallest absolute Gasteiger partial charge is 0.264 e. The van der Waals surface area contributed by atoms with Gasteiger partial charge in [0.05, 0.1) is 24.3 Å². The predicted octanol–water partition coefficient (Wildman–Crippen LogP) is 4.98. The van der Waals surface area contributed by atoms with Gasteiger partial charge in [0.2, 0.25) is 11.8 Å². The summed E-state index contributed by atoms with van der Waals surface area (Å²) >= 11 is 0. The molecule has 0 saturated heterocycles. The third-order valence-corrected chi connectivity index (χ3v) is 9.12. The van der Waals surface area contributed by atoms with Crippen LogP contribution in [0.4, 0.5) is 5.69 Å². The number of nitrogens with one attached hydrogen (secondary N) is 1. The Bertz CT molecular complexity index is 1680. The van der Waals surface area contributed by atoms with E-state index in [4.69, 9.17) is 9.47 Å². The molecule has 0 aliphatic carbocycles. The molecule has 0 fully saturated rings. The van der Waals surface area contributed by atoms with E-state index in [1.807, 2.05) is 50.2 Å². The molecule has 0 aliphatic heterocycles. The summed E-state index contributed by atoms with van der Waals surface area (Å²) in [6.45, 7) is 3.67. The lowest BCUT2D eigenvalue weighted by Gasteiger charge is -2.33. The molecule has 4 aromatic carbocycles. The normalized spacial score (nSPS) is 11.7. The average molecular weight is 630 g/mol. The van der Waals surface area contributed by atoms with Crippen LogP contribution < -0.4 is 19.1 Å². The largest absolute Gasteiger partial charge is 0.497 e. The summed E-state index contributed by atoms with van der Waals surface area (Å²) < 4.78 is 40.3. The van der Waals surface area contributed by atoms with Crippen LogP contribution in [0.25, 0.3) is 0 Å². The molecule has 0 bridgehead atoms. The van der Waals surface area contributed by atoms with Gasteiger partial charge < -0.3 is 19.7 Å². The number of methoxy groups -OCH3 is 1. The number of anilines is 1. The molecule has 9 nitrogen and oxygen atoms in total. The summed E-state index contributed by atoms with van der Waals surface area (Å²) in [5.74, 6) is 0.246. The molecule has 0 spiro atoms. The molecule has 0 aromatic heterocycles. The molecule has 2 amide bonds. The van der Waals surface area contributed by atoms with Crippen LogP contribution in [-0.2, 0) is 32.6 Å². The van der Waals surface area contributed by atoms with E-state index < -0.39 is 28.5 Å². The predicted molar refractivity (Wildman–Crippen MR) is 175 cm³/mol. The van der Waals surface area contributed by atoms with Gasteiger partial charge in [-0.25, -0.2) is 8.42 Å². The van der Waals surface area contributed by atoms with E-state index in [0.717, 1.165) is 21.0 Å². The number of benzene rings is 4. The van der Waals surface area contributed by atoms with Crippen molar-refractivity contribution in [3.8, 4) is 11.5 Å². The van der Waals surface area contributed by atoms with Crippen LogP contribution >= 0.6 is 0 Å². The van der Waals surface area contributed by atoms with Crippen LogP contribution in [0.2, 0.25) is 0 Å². The van der Waals surface area contributed by atoms with Gasteiger partial charge in [-0.15, -0.1) is 0 Å². The highest BCUT2D eigenvalue weighted by Gasteiger charge is 2.34.